The molecule has 114 valence electrons. The molecule has 0 aliphatic heterocycles. The zero-order valence-corrected chi connectivity index (χ0v) is 10.2. The molecule has 0 saturated heterocycles. The Labute approximate surface area is 114 Å². The number of halogens is 6. The van der Waals surface area contributed by atoms with Crippen LogP contribution in [-0.2, 0) is 11.8 Å². The number of benzene rings is 1. The summed E-state index contributed by atoms with van der Waals surface area (Å²) in [5, 5.41) is 9.97. The van der Waals surface area contributed by atoms with E-state index in [4.69, 9.17) is 0 Å². The largest absolute Gasteiger partial charge is 0.466 e. The number of hydrogen-bond donors (Lipinski definition) is 1. The second-order valence-corrected chi connectivity index (χ2v) is 4.26. The van der Waals surface area contributed by atoms with Crippen molar-refractivity contribution in [3.8, 4) is 0 Å². The van der Waals surface area contributed by atoms with Crippen molar-refractivity contribution in [2.45, 2.75) is 18.0 Å². The van der Waals surface area contributed by atoms with Gasteiger partial charge in [-0.25, -0.2) is 0 Å². The van der Waals surface area contributed by atoms with Crippen molar-refractivity contribution < 1.29 is 35.9 Å². The zero-order valence-electron chi connectivity index (χ0n) is 10.2. The van der Waals surface area contributed by atoms with E-state index >= 15 is 0 Å². The Hall–Kier alpha value is -1.96. The van der Waals surface area contributed by atoms with Gasteiger partial charge >= 0.3 is 12.4 Å². The van der Waals surface area contributed by atoms with Gasteiger partial charge in [-0.3, -0.25) is 0 Å². The Morgan fingerprint density at radius 3 is 1.71 bits per heavy atom. The third-order valence-corrected chi connectivity index (χ3v) is 2.92. The lowest BCUT2D eigenvalue weighted by Gasteiger charge is -2.29. The molecule has 0 saturated carbocycles. The lowest BCUT2D eigenvalue weighted by Crippen LogP contribution is -2.43. The molecule has 0 bridgehead atoms. The Kier molecular flexibility index (Phi) is 3.53. The molecule has 2 nitrogen and oxygen atoms in total. The van der Waals surface area contributed by atoms with E-state index in [0.717, 1.165) is 18.4 Å². The molecule has 0 aliphatic rings. The summed E-state index contributed by atoms with van der Waals surface area (Å²) < 4.78 is 81.3. The minimum Gasteiger partial charge on any atom is -0.466 e. The second kappa shape index (κ2) is 4.80. The summed E-state index contributed by atoms with van der Waals surface area (Å²) in [4.78, 5) is 0. The average molecular weight is 310 g/mol. The molecule has 8 heteroatoms. The summed E-state index contributed by atoms with van der Waals surface area (Å²) in [7, 11) is 0. The van der Waals surface area contributed by atoms with Crippen LogP contribution in [0.4, 0.5) is 26.3 Å². The van der Waals surface area contributed by atoms with Gasteiger partial charge in [-0.15, -0.1) is 0 Å². The fraction of sp³-hybridized carbons (Fsp3) is 0.231. The van der Waals surface area contributed by atoms with Crippen LogP contribution in [-0.4, -0.2) is 11.3 Å². The van der Waals surface area contributed by atoms with Crippen LogP contribution in [0.2, 0.25) is 0 Å². The van der Waals surface area contributed by atoms with E-state index in [1.807, 2.05) is 0 Å². The number of rotatable bonds is 2. The molecule has 1 atom stereocenters. The summed E-state index contributed by atoms with van der Waals surface area (Å²) in [6.45, 7) is 0. The minimum absolute atomic E-state index is 0.467. The van der Waals surface area contributed by atoms with E-state index in [9.17, 15) is 31.4 Å². The SMILES string of the molecule is OC(c1ccc(C(F)(F)F)cc1)(c1ccco1)C(F)(F)F. The zero-order chi connectivity index (χ0) is 15.9. The van der Waals surface area contributed by atoms with Crippen molar-refractivity contribution in [1.29, 1.82) is 0 Å². The van der Waals surface area contributed by atoms with Gasteiger partial charge in [0.05, 0.1) is 11.8 Å². The lowest BCUT2D eigenvalue weighted by atomic mass is 9.90. The van der Waals surface area contributed by atoms with Crippen molar-refractivity contribution in [3.05, 3.63) is 59.5 Å². The molecule has 1 unspecified atom stereocenters. The van der Waals surface area contributed by atoms with E-state index in [-0.39, 0.29) is 0 Å². The summed E-state index contributed by atoms with van der Waals surface area (Å²) in [6, 6.07) is 4.10. The smallest absolute Gasteiger partial charge is 0.428 e. The van der Waals surface area contributed by atoms with Crippen LogP contribution >= 0.6 is 0 Å². The maximum Gasteiger partial charge on any atom is 0.428 e. The van der Waals surface area contributed by atoms with Gasteiger partial charge in [-0.2, -0.15) is 26.3 Å². The lowest BCUT2D eigenvalue weighted by molar-refractivity contribution is -0.254. The molecule has 2 rings (SSSR count). The van der Waals surface area contributed by atoms with Gasteiger partial charge < -0.3 is 9.52 Å². The molecule has 1 aromatic carbocycles. The van der Waals surface area contributed by atoms with E-state index < -0.39 is 34.8 Å². The standard InChI is InChI=1S/C13H8F6O2/c14-12(15,16)9-5-3-8(4-6-9)11(20,13(17,18)19)10-2-1-7-21-10/h1-7,20H. The van der Waals surface area contributed by atoms with E-state index in [0.29, 0.717) is 24.3 Å². The third-order valence-electron chi connectivity index (χ3n) is 2.92. The number of furan rings is 1. The van der Waals surface area contributed by atoms with Gasteiger partial charge in [0.1, 0.15) is 5.76 Å². The van der Waals surface area contributed by atoms with E-state index in [1.165, 1.54) is 0 Å². The van der Waals surface area contributed by atoms with Gasteiger partial charge in [0.25, 0.3) is 0 Å². The fourth-order valence-corrected chi connectivity index (χ4v) is 1.83. The summed E-state index contributed by atoms with van der Waals surface area (Å²) >= 11 is 0. The van der Waals surface area contributed by atoms with Crippen LogP contribution in [0.1, 0.15) is 16.9 Å². The van der Waals surface area contributed by atoms with Gasteiger partial charge in [0.2, 0.25) is 5.60 Å². The Bertz CT molecular complexity index is 597. The second-order valence-electron chi connectivity index (χ2n) is 4.26. The number of alkyl halides is 6. The van der Waals surface area contributed by atoms with Crippen LogP contribution in [0.25, 0.3) is 0 Å². The van der Waals surface area contributed by atoms with Gasteiger partial charge in [0.15, 0.2) is 0 Å². The molecule has 0 fully saturated rings. The normalized spacial score (nSPS) is 15.8. The Balaban J connectivity index is 2.54. The van der Waals surface area contributed by atoms with Gasteiger partial charge in [-0.1, -0.05) is 12.1 Å². The van der Waals surface area contributed by atoms with Gasteiger partial charge in [-0.05, 0) is 24.3 Å². The first kappa shape index (κ1) is 15.4. The molecule has 0 aliphatic carbocycles. The minimum atomic E-state index is -5.16. The quantitative estimate of drug-likeness (QED) is 0.847. The molecular formula is C13H8F6O2. The van der Waals surface area contributed by atoms with Crippen LogP contribution in [0, 0.1) is 0 Å². The van der Waals surface area contributed by atoms with E-state index in [2.05, 4.69) is 4.42 Å². The number of aliphatic hydroxyl groups is 1. The monoisotopic (exact) mass is 310 g/mol. The van der Waals surface area contributed by atoms with Crippen molar-refractivity contribution >= 4 is 0 Å². The molecule has 21 heavy (non-hydrogen) atoms. The first-order chi connectivity index (χ1) is 9.57. The highest BCUT2D eigenvalue weighted by Crippen LogP contribution is 2.44. The highest BCUT2D eigenvalue weighted by molar-refractivity contribution is 5.36. The van der Waals surface area contributed by atoms with E-state index in [1.54, 1.807) is 0 Å². The maximum absolute atomic E-state index is 13.2. The summed E-state index contributed by atoms with van der Waals surface area (Å²) in [5.74, 6) is -0.824. The fourth-order valence-electron chi connectivity index (χ4n) is 1.83. The Morgan fingerprint density at radius 1 is 0.810 bits per heavy atom. The van der Waals surface area contributed by atoms with Crippen LogP contribution in [0.5, 0.6) is 0 Å². The summed E-state index contributed by atoms with van der Waals surface area (Å²) in [6.07, 6.45) is -8.92. The average Bonchev–Trinajstić information content (AvgIpc) is 2.89. The molecule has 1 aromatic heterocycles. The highest BCUT2D eigenvalue weighted by Gasteiger charge is 2.58. The summed E-state index contributed by atoms with van der Waals surface area (Å²) in [5.41, 5.74) is -5.39. The van der Waals surface area contributed by atoms with Crippen LogP contribution in [0.3, 0.4) is 0 Å². The molecule has 1 heterocycles. The van der Waals surface area contributed by atoms with Crippen molar-refractivity contribution in [1.82, 2.24) is 0 Å². The predicted octanol–water partition coefficient (Wildman–Crippen LogP) is 4.10. The molecular weight excluding hydrogens is 302 g/mol. The van der Waals surface area contributed by atoms with Crippen molar-refractivity contribution in [3.63, 3.8) is 0 Å². The first-order valence-corrected chi connectivity index (χ1v) is 5.57. The molecule has 0 spiro atoms. The number of hydrogen-bond acceptors (Lipinski definition) is 2. The third kappa shape index (κ3) is 2.63. The Morgan fingerprint density at radius 2 is 1.33 bits per heavy atom. The highest BCUT2D eigenvalue weighted by atomic mass is 19.4. The molecule has 0 amide bonds. The van der Waals surface area contributed by atoms with Crippen molar-refractivity contribution in [2.24, 2.45) is 0 Å². The molecule has 2 aromatic rings. The van der Waals surface area contributed by atoms with Crippen LogP contribution in [0.15, 0.2) is 47.1 Å². The topological polar surface area (TPSA) is 33.4 Å². The van der Waals surface area contributed by atoms with Crippen LogP contribution < -0.4 is 0 Å². The van der Waals surface area contributed by atoms with Crippen molar-refractivity contribution in [2.75, 3.05) is 0 Å². The molecule has 0 radical (unpaired) electrons. The first-order valence-electron chi connectivity index (χ1n) is 5.57. The molecule has 1 N–H and O–H groups in total. The van der Waals surface area contributed by atoms with Gasteiger partial charge in [0, 0.05) is 5.56 Å². The predicted molar refractivity (Wildman–Crippen MR) is 59.2 cm³/mol. The maximum atomic E-state index is 13.2.